The molecule has 1 atom stereocenters. The molecular formula is C17H24N4O2. The summed E-state index contributed by atoms with van der Waals surface area (Å²) in [5.41, 5.74) is 1.45. The Morgan fingerprint density at radius 3 is 2.57 bits per heavy atom. The molecule has 0 fully saturated rings. The van der Waals surface area contributed by atoms with E-state index in [1.807, 2.05) is 51.1 Å². The van der Waals surface area contributed by atoms with E-state index in [1.165, 1.54) is 0 Å². The summed E-state index contributed by atoms with van der Waals surface area (Å²) >= 11 is 0. The summed E-state index contributed by atoms with van der Waals surface area (Å²) in [6.07, 6.45) is 3.87. The lowest BCUT2D eigenvalue weighted by Gasteiger charge is -2.19. The molecule has 0 saturated heterocycles. The molecule has 0 aliphatic heterocycles. The van der Waals surface area contributed by atoms with E-state index in [0.29, 0.717) is 12.1 Å². The number of carbonyl (C=O) groups is 1. The molecule has 2 amide bonds. The maximum absolute atomic E-state index is 12.2. The smallest absolute Gasteiger partial charge is 0.319 e. The van der Waals surface area contributed by atoms with Crippen LogP contribution in [0.1, 0.15) is 38.8 Å². The van der Waals surface area contributed by atoms with Crippen LogP contribution in [0.2, 0.25) is 0 Å². The molecule has 1 heterocycles. The van der Waals surface area contributed by atoms with Crippen LogP contribution in [-0.4, -0.2) is 27.5 Å². The number of hydrogen-bond acceptors (Lipinski definition) is 3. The van der Waals surface area contributed by atoms with Crippen molar-refractivity contribution >= 4 is 11.7 Å². The van der Waals surface area contributed by atoms with Gasteiger partial charge in [-0.15, -0.1) is 0 Å². The number of aromatic nitrogens is 2. The van der Waals surface area contributed by atoms with Crippen molar-refractivity contribution in [2.75, 3.05) is 11.9 Å². The highest BCUT2D eigenvalue weighted by Crippen LogP contribution is 2.18. The van der Waals surface area contributed by atoms with E-state index in [1.54, 1.807) is 17.1 Å². The number of urea groups is 1. The average Bonchev–Trinajstić information content (AvgIpc) is 2.96. The molecule has 0 unspecified atom stereocenters. The van der Waals surface area contributed by atoms with Gasteiger partial charge in [0.15, 0.2) is 0 Å². The van der Waals surface area contributed by atoms with Gasteiger partial charge in [0, 0.05) is 12.8 Å². The van der Waals surface area contributed by atoms with Crippen LogP contribution in [0.25, 0.3) is 0 Å². The summed E-state index contributed by atoms with van der Waals surface area (Å²) < 4.78 is 1.80. The summed E-state index contributed by atoms with van der Waals surface area (Å²) in [5.74, 6) is 0. The molecule has 2 rings (SSSR count). The first-order valence-electron chi connectivity index (χ1n) is 7.68. The molecule has 1 aromatic heterocycles. The second kappa shape index (κ2) is 7.28. The minimum atomic E-state index is -0.319. The Morgan fingerprint density at radius 1 is 1.30 bits per heavy atom. The van der Waals surface area contributed by atoms with Gasteiger partial charge in [-0.1, -0.05) is 30.3 Å². The van der Waals surface area contributed by atoms with Gasteiger partial charge in [-0.2, -0.15) is 5.10 Å². The van der Waals surface area contributed by atoms with E-state index >= 15 is 0 Å². The Labute approximate surface area is 136 Å². The minimum Gasteiger partial charge on any atom is -0.396 e. The third-order valence-corrected chi connectivity index (χ3v) is 3.45. The number of rotatable bonds is 5. The van der Waals surface area contributed by atoms with Gasteiger partial charge in [0.1, 0.15) is 0 Å². The zero-order chi connectivity index (χ0) is 16.9. The van der Waals surface area contributed by atoms with Crippen LogP contribution in [-0.2, 0) is 5.54 Å². The first-order valence-corrected chi connectivity index (χ1v) is 7.68. The fourth-order valence-corrected chi connectivity index (χ4v) is 2.22. The van der Waals surface area contributed by atoms with Crippen molar-refractivity contribution in [2.24, 2.45) is 0 Å². The van der Waals surface area contributed by atoms with E-state index in [2.05, 4.69) is 15.7 Å². The third-order valence-electron chi connectivity index (χ3n) is 3.45. The van der Waals surface area contributed by atoms with Crippen molar-refractivity contribution in [3.05, 3.63) is 48.3 Å². The van der Waals surface area contributed by atoms with E-state index in [-0.39, 0.29) is 24.2 Å². The Morgan fingerprint density at radius 2 is 2.00 bits per heavy atom. The number of aliphatic hydroxyl groups is 1. The van der Waals surface area contributed by atoms with Crippen LogP contribution in [0.3, 0.4) is 0 Å². The second-order valence-corrected chi connectivity index (χ2v) is 6.42. The minimum absolute atomic E-state index is 0.00178. The van der Waals surface area contributed by atoms with Crippen molar-refractivity contribution in [3.8, 4) is 0 Å². The van der Waals surface area contributed by atoms with E-state index in [4.69, 9.17) is 0 Å². The Kier molecular flexibility index (Phi) is 5.39. The van der Waals surface area contributed by atoms with E-state index < -0.39 is 0 Å². The van der Waals surface area contributed by atoms with Crippen molar-refractivity contribution in [2.45, 2.75) is 38.8 Å². The summed E-state index contributed by atoms with van der Waals surface area (Å²) in [6, 6.07) is 9.04. The van der Waals surface area contributed by atoms with Gasteiger partial charge < -0.3 is 15.7 Å². The summed E-state index contributed by atoms with van der Waals surface area (Å²) in [7, 11) is 0. The number of amides is 2. The predicted molar refractivity (Wildman–Crippen MR) is 90.3 cm³/mol. The standard InChI is InChI=1S/C17H24N4O2/c1-17(2,3)21-12-14(11-18-21)19-16(23)20-15(9-10-22)13-7-5-4-6-8-13/h4-8,11-12,15,22H,9-10H2,1-3H3,(H2,19,20,23)/t15-/m1/s1. The van der Waals surface area contributed by atoms with Gasteiger partial charge in [0.25, 0.3) is 0 Å². The summed E-state index contributed by atoms with van der Waals surface area (Å²) in [4.78, 5) is 12.2. The highest BCUT2D eigenvalue weighted by molar-refractivity contribution is 5.89. The number of nitrogens with zero attached hydrogens (tertiary/aromatic N) is 2. The van der Waals surface area contributed by atoms with Gasteiger partial charge in [0.05, 0.1) is 23.5 Å². The highest BCUT2D eigenvalue weighted by atomic mass is 16.3. The van der Waals surface area contributed by atoms with Crippen molar-refractivity contribution in [1.29, 1.82) is 0 Å². The molecule has 1 aromatic carbocycles. The molecule has 0 aliphatic rings. The zero-order valence-electron chi connectivity index (χ0n) is 13.8. The third kappa shape index (κ3) is 4.82. The fourth-order valence-electron chi connectivity index (χ4n) is 2.22. The van der Waals surface area contributed by atoms with Crippen LogP contribution in [0.5, 0.6) is 0 Å². The molecule has 0 radical (unpaired) electrons. The molecule has 0 spiro atoms. The molecule has 3 N–H and O–H groups in total. The first kappa shape index (κ1) is 17.0. The lowest BCUT2D eigenvalue weighted by Crippen LogP contribution is -2.33. The average molecular weight is 316 g/mol. The van der Waals surface area contributed by atoms with Crippen LogP contribution < -0.4 is 10.6 Å². The summed E-state index contributed by atoms with van der Waals surface area (Å²) in [6.45, 7) is 6.12. The molecule has 2 aromatic rings. The Balaban J connectivity index is 2.01. The largest absolute Gasteiger partial charge is 0.396 e. The van der Waals surface area contributed by atoms with Crippen LogP contribution in [0.4, 0.5) is 10.5 Å². The molecule has 0 aliphatic carbocycles. The highest BCUT2D eigenvalue weighted by Gasteiger charge is 2.17. The predicted octanol–water partition coefficient (Wildman–Crippen LogP) is 2.88. The van der Waals surface area contributed by atoms with Crippen LogP contribution in [0.15, 0.2) is 42.7 Å². The van der Waals surface area contributed by atoms with Gasteiger partial charge in [-0.25, -0.2) is 4.79 Å². The van der Waals surface area contributed by atoms with Crippen molar-refractivity contribution in [1.82, 2.24) is 15.1 Å². The SMILES string of the molecule is CC(C)(C)n1cc(NC(=O)N[C@H](CCO)c2ccccc2)cn1. The Bertz CT molecular complexity index is 632. The monoisotopic (exact) mass is 316 g/mol. The molecular weight excluding hydrogens is 292 g/mol. The van der Waals surface area contributed by atoms with Gasteiger partial charge in [-0.3, -0.25) is 4.68 Å². The normalized spacial score (nSPS) is 12.7. The molecule has 0 saturated carbocycles. The zero-order valence-corrected chi connectivity index (χ0v) is 13.8. The number of nitrogens with one attached hydrogen (secondary N) is 2. The molecule has 0 bridgehead atoms. The topological polar surface area (TPSA) is 79.2 Å². The Hall–Kier alpha value is -2.34. The van der Waals surface area contributed by atoms with Gasteiger partial charge >= 0.3 is 6.03 Å². The second-order valence-electron chi connectivity index (χ2n) is 6.42. The number of aliphatic hydroxyl groups excluding tert-OH is 1. The number of carbonyl (C=O) groups excluding carboxylic acids is 1. The molecule has 6 heteroatoms. The van der Waals surface area contributed by atoms with E-state index in [0.717, 1.165) is 5.56 Å². The van der Waals surface area contributed by atoms with Crippen LogP contribution in [0, 0.1) is 0 Å². The molecule has 124 valence electrons. The lowest BCUT2D eigenvalue weighted by atomic mass is 10.0. The number of hydrogen-bond donors (Lipinski definition) is 3. The van der Waals surface area contributed by atoms with Gasteiger partial charge in [-0.05, 0) is 32.8 Å². The van der Waals surface area contributed by atoms with E-state index in [9.17, 15) is 9.90 Å². The van der Waals surface area contributed by atoms with Crippen LogP contribution >= 0.6 is 0 Å². The number of anilines is 1. The van der Waals surface area contributed by atoms with Crippen molar-refractivity contribution in [3.63, 3.8) is 0 Å². The van der Waals surface area contributed by atoms with Gasteiger partial charge in [0.2, 0.25) is 0 Å². The molecule has 6 nitrogen and oxygen atoms in total. The quantitative estimate of drug-likeness (QED) is 0.793. The summed E-state index contributed by atoms with van der Waals surface area (Å²) in [5, 5.41) is 19.1. The lowest BCUT2D eigenvalue weighted by molar-refractivity contribution is 0.239. The fraction of sp³-hybridized carbons (Fsp3) is 0.412. The first-order chi connectivity index (χ1) is 10.9. The molecule has 23 heavy (non-hydrogen) atoms. The maximum atomic E-state index is 12.2. The number of benzene rings is 1. The maximum Gasteiger partial charge on any atom is 0.319 e. The van der Waals surface area contributed by atoms with Crippen molar-refractivity contribution < 1.29 is 9.90 Å².